The number of aryl methyl sites for hydroxylation is 3. The minimum Gasteiger partial charge on any atom is -0.235 e. The molecule has 2 heterocycles. The summed E-state index contributed by atoms with van der Waals surface area (Å²) in [6.45, 7) is 4.18. The molecule has 0 aliphatic carbocycles. The van der Waals surface area contributed by atoms with E-state index in [1.165, 1.54) is 10.4 Å². The quantitative estimate of drug-likeness (QED) is 0.642. The number of aromatic nitrogens is 3. The van der Waals surface area contributed by atoms with Crippen molar-refractivity contribution in [2.75, 3.05) is 0 Å². The summed E-state index contributed by atoms with van der Waals surface area (Å²) in [6.07, 6.45) is 2.86. The Morgan fingerprint density at radius 2 is 2.31 bits per heavy atom. The average Bonchev–Trinajstić information content (AvgIpc) is 2.45. The molecule has 2 aromatic heterocycles. The van der Waals surface area contributed by atoms with Crippen LogP contribution in [-0.4, -0.2) is 9.97 Å². The molecule has 0 atom stereocenters. The molecule has 0 unspecified atom stereocenters. The zero-order valence-corrected chi connectivity index (χ0v) is 8.85. The molecule has 3 nitrogen and oxygen atoms in total. The summed E-state index contributed by atoms with van der Waals surface area (Å²) >= 11 is 1.72. The van der Waals surface area contributed by atoms with Gasteiger partial charge in [0, 0.05) is 6.42 Å². The monoisotopic (exact) mass is 194 g/mol. The van der Waals surface area contributed by atoms with E-state index in [0.717, 1.165) is 17.1 Å². The highest BCUT2D eigenvalue weighted by molar-refractivity contribution is 7.18. The van der Waals surface area contributed by atoms with Crippen LogP contribution in [0.3, 0.4) is 0 Å². The lowest BCUT2D eigenvalue weighted by molar-refractivity contribution is -0.680. The van der Waals surface area contributed by atoms with Gasteiger partial charge in [-0.1, -0.05) is 6.92 Å². The van der Waals surface area contributed by atoms with Crippen molar-refractivity contribution >= 4 is 21.7 Å². The summed E-state index contributed by atoms with van der Waals surface area (Å²) in [7, 11) is 2.03. The largest absolute Gasteiger partial charge is 0.288 e. The molecule has 0 amide bonds. The molecular weight excluding hydrogens is 182 g/mol. The Kier molecular flexibility index (Phi) is 2.00. The van der Waals surface area contributed by atoms with Gasteiger partial charge in [0.2, 0.25) is 0 Å². The maximum Gasteiger partial charge on any atom is 0.288 e. The van der Waals surface area contributed by atoms with Gasteiger partial charge < -0.3 is 0 Å². The van der Waals surface area contributed by atoms with E-state index in [9.17, 15) is 0 Å². The molecule has 0 aliphatic rings. The molecule has 4 heteroatoms. The summed E-state index contributed by atoms with van der Waals surface area (Å²) in [5.74, 6) is 0. The lowest BCUT2D eigenvalue weighted by Crippen LogP contribution is -2.33. The van der Waals surface area contributed by atoms with E-state index >= 15 is 0 Å². The number of hydrogen-bond donors (Lipinski definition) is 0. The van der Waals surface area contributed by atoms with Crippen LogP contribution in [0.2, 0.25) is 0 Å². The Labute approximate surface area is 81.1 Å². The molecule has 0 spiro atoms. The van der Waals surface area contributed by atoms with Crippen molar-refractivity contribution in [1.29, 1.82) is 0 Å². The molecule has 2 aromatic rings. The topological polar surface area (TPSA) is 29.7 Å². The average molecular weight is 194 g/mol. The normalized spacial score (nSPS) is 11.0. The summed E-state index contributed by atoms with van der Waals surface area (Å²) in [6, 6.07) is 0. The number of nitrogens with zero attached hydrogens (tertiary/aromatic N) is 3. The second-order valence-corrected chi connectivity index (χ2v) is 4.24. The molecular formula is C9H12N3S+. The Morgan fingerprint density at radius 3 is 3.00 bits per heavy atom. The zero-order valence-electron chi connectivity index (χ0n) is 8.03. The van der Waals surface area contributed by atoms with Crippen LogP contribution in [0.4, 0.5) is 0 Å². The van der Waals surface area contributed by atoms with Crippen molar-refractivity contribution in [1.82, 2.24) is 9.97 Å². The fraction of sp³-hybridized carbons (Fsp3) is 0.444. The first kappa shape index (κ1) is 8.56. The highest BCUT2D eigenvalue weighted by Crippen LogP contribution is 2.21. The third kappa shape index (κ3) is 1.31. The second-order valence-electron chi connectivity index (χ2n) is 3.04. The minimum atomic E-state index is 0.887. The predicted octanol–water partition coefficient (Wildman–Crippen LogP) is 1.39. The molecule has 0 aromatic carbocycles. The first-order valence-corrected chi connectivity index (χ1v) is 5.14. The minimum absolute atomic E-state index is 0.887. The van der Waals surface area contributed by atoms with Gasteiger partial charge in [-0.2, -0.15) is 4.98 Å². The summed E-state index contributed by atoms with van der Waals surface area (Å²) in [5, 5.41) is 1.09. The van der Waals surface area contributed by atoms with Crippen LogP contribution >= 0.6 is 11.3 Å². The highest BCUT2D eigenvalue weighted by Gasteiger charge is 2.14. The zero-order chi connectivity index (χ0) is 9.42. The van der Waals surface area contributed by atoms with Crippen molar-refractivity contribution in [3.8, 4) is 0 Å². The lowest BCUT2D eigenvalue weighted by atomic mass is 10.3. The van der Waals surface area contributed by atoms with Crippen LogP contribution in [0.5, 0.6) is 0 Å². The Hall–Kier alpha value is -1.03. The van der Waals surface area contributed by atoms with E-state index in [0.29, 0.717) is 0 Å². The molecule has 0 saturated heterocycles. The van der Waals surface area contributed by atoms with Crippen LogP contribution in [0.25, 0.3) is 10.3 Å². The van der Waals surface area contributed by atoms with Gasteiger partial charge in [-0.05, 0) is 11.9 Å². The molecule has 68 valence electrons. The van der Waals surface area contributed by atoms with Crippen molar-refractivity contribution in [3.05, 3.63) is 17.0 Å². The Bertz CT molecular complexity index is 447. The van der Waals surface area contributed by atoms with E-state index < -0.39 is 0 Å². The molecule has 13 heavy (non-hydrogen) atoms. The maximum atomic E-state index is 4.36. The van der Waals surface area contributed by atoms with Gasteiger partial charge in [0.1, 0.15) is 10.4 Å². The van der Waals surface area contributed by atoms with Crippen LogP contribution in [-0.2, 0) is 13.5 Å². The van der Waals surface area contributed by atoms with Crippen LogP contribution < -0.4 is 4.57 Å². The van der Waals surface area contributed by atoms with E-state index in [1.807, 2.05) is 20.3 Å². The van der Waals surface area contributed by atoms with Crippen LogP contribution in [0, 0.1) is 6.92 Å². The summed E-state index contributed by atoms with van der Waals surface area (Å²) in [4.78, 5) is 8.63. The van der Waals surface area contributed by atoms with Gasteiger partial charge in [0.25, 0.3) is 12.0 Å². The van der Waals surface area contributed by atoms with Crippen molar-refractivity contribution in [2.24, 2.45) is 7.05 Å². The summed E-state index contributed by atoms with van der Waals surface area (Å²) in [5.41, 5.74) is 2.20. The SMILES string of the molecule is CCc1c2sc(C)nc2nc[n+]1C. The van der Waals surface area contributed by atoms with Gasteiger partial charge in [-0.3, -0.25) is 0 Å². The standard InChI is InChI=1S/C9H12N3S/c1-4-7-8-9(10-5-12(7)3)11-6(2)13-8/h5H,4H2,1-3H3/q+1. The summed E-state index contributed by atoms with van der Waals surface area (Å²) < 4.78 is 3.30. The maximum absolute atomic E-state index is 4.36. The molecule has 0 radical (unpaired) electrons. The molecule has 0 N–H and O–H groups in total. The second kappa shape index (κ2) is 3.03. The molecule has 0 saturated carbocycles. The van der Waals surface area contributed by atoms with Crippen molar-refractivity contribution in [2.45, 2.75) is 20.3 Å². The third-order valence-corrected chi connectivity index (χ3v) is 3.10. The number of fused-ring (bicyclic) bond motifs is 1. The number of hydrogen-bond acceptors (Lipinski definition) is 3. The molecule has 2 rings (SSSR count). The molecule has 0 fully saturated rings. The van der Waals surface area contributed by atoms with E-state index in [4.69, 9.17) is 0 Å². The predicted molar refractivity (Wildman–Crippen MR) is 52.7 cm³/mol. The van der Waals surface area contributed by atoms with E-state index in [2.05, 4.69) is 21.5 Å². The van der Waals surface area contributed by atoms with Crippen molar-refractivity contribution in [3.63, 3.8) is 0 Å². The van der Waals surface area contributed by atoms with Gasteiger partial charge >= 0.3 is 0 Å². The fourth-order valence-electron chi connectivity index (χ4n) is 1.47. The third-order valence-electron chi connectivity index (χ3n) is 2.09. The molecule has 0 bridgehead atoms. The van der Waals surface area contributed by atoms with E-state index in [1.54, 1.807) is 11.3 Å². The van der Waals surface area contributed by atoms with Crippen LogP contribution in [0.15, 0.2) is 6.33 Å². The van der Waals surface area contributed by atoms with E-state index in [-0.39, 0.29) is 0 Å². The van der Waals surface area contributed by atoms with Gasteiger partial charge in [-0.15, -0.1) is 11.3 Å². The van der Waals surface area contributed by atoms with Crippen LogP contribution in [0.1, 0.15) is 17.6 Å². The molecule has 0 aliphatic heterocycles. The fourth-order valence-corrected chi connectivity index (χ4v) is 2.50. The number of thiazole rings is 1. The van der Waals surface area contributed by atoms with Gasteiger partial charge in [0.05, 0.1) is 12.1 Å². The van der Waals surface area contributed by atoms with Gasteiger partial charge in [0.15, 0.2) is 0 Å². The van der Waals surface area contributed by atoms with Crippen molar-refractivity contribution < 1.29 is 4.57 Å². The lowest BCUT2D eigenvalue weighted by Gasteiger charge is -1.96. The Balaban J connectivity index is 2.82. The first-order chi connectivity index (χ1) is 6.22. The number of rotatable bonds is 1. The highest BCUT2D eigenvalue weighted by atomic mass is 32.1. The van der Waals surface area contributed by atoms with Gasteiger partial charge in [-0.25, -0.2) is 4.57 Å². The smallest absolute Gasteiger partial charge is 0.235 e. The Morgan fingerprint density at radius 1 is 1.54 bits per heavy atom. The first-order valence-electron chi connectivity index (χ1n) is 4.33.